The number of carboxylic acids is 1. The number of phenolic OH excluding ortho intramolecular Hbond substituents is 1. The molecule has 2 N–H and O–H groups in total. The zero-order valence-corrected chi connectivity index (χ0v) is 12.1. The van der Waals surface area contributed by atoms with Crippen molar-refractivity contribution in [3.05, 3.63) is 41.5 Å². The SMILES string of the molecule is CCOc1cc(/C=C/C(=O)O)c2cccc(CC)c2c1O. The lowest BCUT2D eigenvalue weighted by Crippen LogP contribution is -1.95. The van der Waals surface area contributed by atoms with Crippen LogP contribution in [0.15, 0.2) is 30.3 Å². The zero-order chi connectivity index (χ0) is 15.4. The summed E-state index contributed by atoms with van der Waals surface area (Å²) >= 11 is 0. The molecule has 0 heterocycles. The summed E-state index contributed by atoms with van der Waals surface area (Å²) in [5.74, 6) is -0.534. The Hall–Kier alpha value is -2.49. The molecular formula is C17H18O4. The fraction of sp³-hybridized carbons (Fsp3) is 0.235. The van der Waals surface area contributed by atoms with Gasteiger partial charge in [-0.15, -0.1) is 0 Å². The van der Waals surface area contributed by atoms with Crippen molar-refractivity contribution in [2.45, 2.75) is 20.3 Å². The predicted molar refractivity (Wildman–Crippen MR) is 82.8 cm³/mol. The van der Waals surface area contributed by atoms with Gasteiger partial charge >= 0.3 is 5.97 Å². The van der Waals surface area contributed by atoms with Crippen molar-refractivity contribution in [1.82, 2.24) is 0 Å². The molecule has 0 saturated carbocycles. The largest absolute Gasteiger partial charge is 0.504 e. The zero-order valence-electron chi connectivity index (χ0n) is 12.1. The van der Waals surface area contributed by atoms with E-state index < -0.39 is 5.97 Å². The van der Waals surface area contributed by atoms with Crippen LogP contribution in [0.25, 0.3) is 16.8 Å². The van der Waals surface area contributed by atoms with Crippen LogP contribution in [-0.2, 0) is 11.2 Å². The van der Waals surface area contributed by atoms with Crippen LogP contribution in [-0.4, -0.2) is 22.8 Å². The van der Waals surface area contributed by atoms with Gasteiger partial charge in [-0.1, -0.05) is 25.1 Å². The Labute approximate surface area is 123 Å². The second-order valence-electron chi connectivity index (χ2n) is 4.61. The Balaban J connectivity index is 2.78. The fourth-order valence-corrected chi connectivity index (χ4v) is 2.39. The maximum Gasteiger partial charge on any atom is 0.328 e. The number of carboxylic acid groups (broad SMARTS) is 1. The first-order valence-electron chi connectivity index (χ1n) is 6.89. The summed E-state index contributed by atoms with van der Waals surface area (Å²) in [5.41, 5.74) is 1.71. The number of rotatable bonds is 5. The molecule has 0 aliphatic carbocycles. The third kappa shape index (κ3) is 2.99. The topological polar surface area (TPSA) is 66.8 Å². The average molecular weight is 286 g/mol. The highest BCUT2D eigenvalue weighted by Gasteiger charge is 2.14. The highest BCUT2D eigenvalue weighted by molar-refractivity contribution is 6.00. The molecule has 0 amide bonds. The van der Waals surface area contributed by atoms with Gasteiger partial charge in [0.2, 0.25) is 0 Å². The monoisotopic (exact) mass is 286 g/mol. The Morgan fingerprint density at radius 1 is 1.33 bits per heavy atom. The number of aryl methyl sites for hydroxylation is 1. The summed E-state index contributed by atoms with van der Waals surface area (Å²) in [5, 5.41) is 20.8. The van der Waals surface area contributed by atoms with Gasteiger partial charge in [0, 0.05) is 11.5 Å². The molecule has 2 rings (SSSR count). The Kier molecular flexibility index (Phi) is 4.48. The van der Waals surface area contributed by atoms with Gasteiger partial charge in [0.1, 0.15) is 0 Å². The number of fused-ring (bicyclic) bond motifs is 1. The lowest BCUT2D eigenvalue weighted by Gasteiger charge is -2.14. The maximum atomic E-state index is 10.7. The summed E-state index contributed by atoms with van der Waals surface area (Å²) in [6, 6.07) is 7.38. The molecule has 110 valence electrons. The van der Waals surface area contributed by atoms with Crippen LogP contribution in [0.1, 0.15) is 25.0 Å². The standard InChI is InChI=1S/C17H18O4/c1-3-11-6-5-7-13-12(8-9-15(18)19)10-14(21-4-2)17(20)16(11)13/h5-10,20H,3-4H2,1-2H3,(H,18,19)/b9-8+. The van der Waals surface area contributed by atoms with Gasteiger partial charge in [0.25, 0.3) is 0 Å². The van der Waals surface area contributed by atoms with Crippen molar-refractivity contribution in [3.8, 4) is 11.5 Å². The third-order valence-electron chi connectivity index (χ3n) is 3.30. The van der Waals surface area contributed by atoms with Crippen molar-refractivity contribution < 1.29 is 19.7 Å². The Bertz CT molecular complexity index is 701. The van der Waals surface area contributed by atoms with Gasteiger partial charge in [-0.25, -0.2) is 4.79 Å². The van der Waals surface area contributed by atoms with Crippen molar-refractivity contribution >= 4 is 22.8 Å². The highest BCUT2D eigenvalue weighted by Crippen LogP contribution is 2.39. The normalized spacial score (nSPS) is 11.1. The Morgan fingerprint density at radius 3 is 2.71 bits per heavy atom. The first kappa shape index (κ1) is 14.9. The number of hydrogen-bond donors (Lipinski definition) is 2. The summed E-state index contributed by atoms with van der Waals surface area (Å²) in [6.45, 7) is 4.27. The summed E-state index contributed by atoms with van der Waals surface area (Å²) in [7, 11) is 0. The second-order valence-corrected chi connectivity index (χ2v) is 4.61. The van der Waals surface area contributed by atoms with Gasteiger partial charge in [-0.05, 0) is 42.0 Å². The molecule has 0 spiro atoms. The van der Waals surface area contributed by atoms with Crippen LogP contribution in [0.5, 0.6) is 11.5 Å². The molecule has 0 saturated heterocycles. The number of ether oxygens (including phenoxy) is 1. The van der Waals surface area contributed by atoms with Crippen LogP contribution in [0.2, 0.25) is 0 Å². The van der Waals surface area contributed by atoms with E-state index in [1.165, 1.54) is 6.08 Å². The lowest BCUT2D eigenvalue weighted by molar-refractivity contribution is -0.131. The third-order valence-corrected chi connectivity index (χ3v) is 3.30. The van der Waals surface area contributed by atoms with Crippen LogP contribution < -0.4 is 4.74 Å². The molecule has 4 heteroatoms. The molecule has 2 aromatic rings. The molecule has 0 unspecified atom stereocenters. The van der Waals surface area contributed by atoms with Gasteiger partial charge in [-0.3, -0.25) is 0 Å². The Morgan fingerprint density at radius 2 is 2.10 bits per heavy atom. The maximum absolute atomic E-state index is 10.7. The van der Waals surface area contributed by atoms with E-state index in [1.807, 2.05) is 32.0 Å². The van der Waals surface area contributed by atoms with Gasteiger partial charge in [-0.2, -0.15) is 0 Å². The molecule has 0 fully saturated rings. The number of carbonyl (C=O) groups is 1. The number of hydrogen-bond acceptors (Lipinski definition) is 3. The molecule has 4 nitrogen and oxygen atoms in total. The highest BCUT2D eigenvalue weighted by atomic mass is 16.5. The summed E-state index contributed by atoms with van der Waals surface area (Å²) in [6.07, 6.45) is 3.37. The molecular weight excluding hydrogens is 268 g/mol. The van der Waals surface area contributed by atoms with E-state index in [9.17, 15) is 9.90 Å². The quantitative estimate of drug-likeness (QED) is 0.824. The van der Waals surface area contributed by atoms with Crippen LogP contribution in [0.4, 0.5) is 0 Å². The van der Waals surface area contributed by atoms with Gasteiger partial charge < -0.3 is 14.9 Å². The van der Waals surface area contributed by atoms with Crippen molar-refractivity contribution in [3.63, 3.8) is 0 Å². The van der Waals surface area contributed by atoms with Crippen LogP contribution >= 0.6 is 0 Å². The summed E-state index contributed by atoms with van der Waals surface area (Å²) < 4.78 is 5.46. The first-order valence-corrected chi connectivity index (χ1v) is 6.89. The van der Waals surface area contributed by atoms with Crippen LogP contribution in [0, 0.1) is 0 Å². The minimum absolute atomic E-state index is 0.108. The molecule has 0 bridgehead atoms. The van der Waals surface area contributed by atoms with E-state index in [4.69, 9.17) is 9.84 Å². The number of aromatic hydroxyl groups is 1. The molecule has 0 aromatic heterocycles. The second kappa shape index (κ2) is 6.31. The number of aliphatic carboxylic acids is 1. The van der Waals surface area contributed by atoms with Gasteiger partial charge in [0.15, 0.2) is 11.5 Å². The smallest absolute Gasteiger partial charge is 0.328 e. The molecule has 0 aliphatic heterocycles. The molecule has 0 aliphatic rings. The van der Waals surface area contributed by atoms with Crippen LogP contribution in [0.3, 0.4) is 0 Å². The minimum Gasteiger partial charge on any atom is -0.504 e. The van der Waals surface area contributed by atoms with E-state index in [0.29, 0.717) is 17.9 Å². The van der Waals surface area contributed by atoms with E-state index in [0.717, 1.165) is 28.8 Å². The lowest BCUT2D eigenvalue weighted by atomic mass is 9.97. The van der Waals surface area contributed by atoms with Gasteiger partial charge in [0.05, 0.1) is 6.61 Å². The fourth-order valence-electron chi connectivity index (χ4n) is 2.39. The minimum atomic E-state index is -1.01. The van der Waals surface area contributed by atoms with E-state index >= 15 is 0 Å². The first-order chi connectivity index (χ1) is 10.1. The van der Waals surface area contributed by atoms with E-state index in [-0.39, 0.29) is 5.75 Å². The van der Waals surface area contributed by atoms with Crippen molar-refractivity contribution in [2.75, 3.05) is 6.61 Å². The number of benzene rings is 2. The van der Waals surface area contributed by atoms with E-state index in [1.54, 1.807) is 6.07 Å². The number of phenols is 1. The molecule has 2 aromatic carbocycles. The van der Waals surface area contributed by atoms with E-state index in [2.05, 4.69) is 0 Å². The van der Waals surface area contributed by atoms with Crippen molar-refractivity contribution in [2.24, 2.45) is 0 Å². The average Bonchev–Trinajstić information content (AvgIpc) is 2.48. The predicted octanol–water partition coefficient (Wildman–Crippen LogP) is 3.60. The molecule has 0 atom stereocenters. The van der Waals surface area contributed by atoms with Crippen molar-refractivity contribution in [1.29, 1.82) is 0 Å². The molecule has 21 heavy (non-hydrogen) atoms. The summed E-state index contributed by atoms with van der Waals surface area (Å²) in [4.78, 5) is 10.7. The molecule has 0 radical (unpaired) electrons.